The van der Waals surface area contributed by atoms with Gasteiger partial charge in [-0.2, -0.15) is 4.99 Å². The molecule has 1 aliphatic carbocycles. The Balaban J connectivity index is 2.63. The van der Waals surface area contributed by atoms with E-state index in [0.717, 1.165) is 29.7 Å². The molecular formula is C14H17NO2. The number of aliphatic imine (C=N–C) groups is 1. The minimum atomic E-state index is -0.299. The van der Waals surface area contributed by atoms with E-state index in [-0.39, 0.29) is 5.54 Å². The molecule has 2 rings (SSSR count). The van der Waals surface area contributed by atoms with Crippen LogP contribution >= 0.6 is 0 Å². The van der Waals surface area contributed by atoms with E-state index in [4.69, 9.17) is 4.74 Å². The molecule has 0 aliphatic heterocycles. The quantitative estimate of drug-likeness (QED) is 0.592. The lowest BCUT2D eigenvalue weighted by atomic mass is 9.91. The van der Waals surface area contributed by atoms with Gasteiger partial charge in [0.1, 0.15) is 5.75 Å². The molecule has 1 saturated carbocycles. The van der Waals surface area contributed by atoms with E-state index in [2.05, 4.69) is 11.9 Å². The summed E-state index contributed by atoms with van der Waals surface area (Å²) in [5, 5.41) is 0. The summed E-state index contributed by atoms with van der Waals surface area (Å²) >= 11 is 0. The van der Waals surface area contributed by atoms with Crippen molar-refractivity contribution in [2.24, 2.45) is 4.99 Å². The fraction of sp³-hybridized carbons (Fsp3) is 0.500. The summed E-state index contributed by atoms with van der Waals surface area (Å²) in [5.41, 5.74) is 4.33. The Morgan fingerprint density at radius 3 is 2.41 bits per heavy atom. The molecular weight excluding hydrogens is 214 g/mol. The zero-order valence-electron chi connectivity index (χ0n) is 10.8. The number of carbonyl (C=O) groups excluding carboxylic acids is 1. The second kappa shape index (κ2) is 4.01. The van der Waals surface area contributed by atoms with Crippen molar-refractivity contribution in [2.45, 2.75) is 39.2 Å². The molecule has 0 radical (unpaired) electrons. The van der Waals surface area contributed by atoms with Gasteiger partial charge in [0.15, 0.2) is 0 Å². The number of rotatable bonds is 3. The van der Waals surface area contributed by atoms with Crippen LogP contribution < -0.4 is 4.74 Å². The normalized spacial score (nSPS) is 16.2. The summed E-state index contributed by atoms with van der Waals surface area (Å²) in [7, 11) is 1.68. The monoisotopic (exact) mass is 231 g/mol. The molecule has 0 heterocycles. The largest absolute Gasteiger partial charge is 0.496 e. The predicted molar refractivity (Wildman–Crippen MR) is 66.2 cm³/mol. The van der Waals surface area contributed by atoms with E-state index in [0.29, 0.717) is 0 Å². The van der Waals surface area contributed by atoms with E-state index < -0.39 is 0 Å². The zero-order valence-corrected chi connectivity index (χ0v) is 10.8. The first kappa shape index (κ1) is 11.9. The van der Waals surface area contributed by atoms with Gasteiger partial charge >= 0.3 is 0 Å². The highest BCUT2D eigenvalue weighted by Crippen LogP contribution is 2.52. The van der Waals surface area contributed by atoms with Crippen molar-refractivity contribution >= 4 is 6.08 Å². The van der Waals surface area contributed by atoms with Crippen LogP contribution in [-0.4, -0.2) is 13.2 Å². The molecule has 3 heteroatoms. The molecule has 0 saturated heterocycles. The maximum Gasteiger partial charge on any atom is 0.235 e. The maximum atomic E-state index is 10.5. The topological polar surface area (TPSA) is 38.7 Å². The summed E-state index contributed by atoms with van der Waals surface area (Å²) in [4.78, 5) is 14.6. The number of methoxy groups -OCH3 is 1. The first-order valence-corrected chi connectivity index (χ1v) is 5.80. The molecule has 1 aromatic carbocycles. The number of benzene rings is 1. The van der Waals surface area contributed by atoms with E-state index in [1.807, 2.05) is 19.9 Å². The zero-order chi connectivity index (χ0) is 12.6. The minimum Gasteiger partial charge on any atom is -0.496 e. The average molecular weight is 231 g/mol. The van der Waals surface area contributed by atoms with E-state index in [9.17, 15) is 4.79 Å². The number of ether oxygens (including phenoxy) is 1. The van der Waals surface area contributed by atoms with Crippen molar-refractivity contribution in [1.82, 2.24) is 0 Å². The molecule has 1 aliphatic rings. The third kappa shape index (κ3) is 1.77. The van der Waals surface area contributed by atoms with Crippen molar-refractivity contribution in [3.05, 3.63) is 28.3 Å². The predicted octanol–water partition coefficient (Wildman–Crippen LogP) is 2.95. The van der Waals surface area contributed by atoms with Crippen molar-refractivity contribution in [2.75, 3.05) is 7.11 Å². The number of hydrogen-bond donors (Lipinski definition) is 0. The Labute approximate surface area is 102 Å². The summed E-state index contributed by atoms with van der Waals surface area (Å²) in [6.45, 7) is 6.16. The average Bonchev–Trinajstić information content (AvgIpc) is 3.05. The van der Waals surface area contributed by atoms with Gasteiger partial charge in [-0.15, -0.1) is 0 Å². The van der Waals surface area contributed by atoms with Crippen LogP contribution in [0, 0.1) is 20.8 Å². The molecule has 0 unspecified atom stereocenters. The Hall–Kier alpha value is -1.60. The molecule has 0 aromatic heterocycles. The molecule has 1 aromatic rings. The summed E-state index contributed by atoms with van der Waals surface area (Å²) in [6.07, 6.45) is 3.60. The van der Waals surface area contributed by atoms with E-state index >= 15 is 0 Å². The Morgan fingerprint density at radius 2 is 1.94 bits per heavy atom. The van der Waals surface area contributed by atoms with Crippen molar-refractivity contribution in [1.29, 1.82) is 0 Å². The van der Waals surface area contributed by atoms with Crippen LogP contribution in [0.4, 0.5) is 0 Å². The number of nitrogens with zero attached hydrogens (tertiary/aromatic N) is 1. The third-order valence-corrected chi connectivity index (χ3v) is 3.72. The summed E-state index contributed by atoms with van der Waals surface area (Å²) < 4.78 is 5.35. The van der Waals surface area contributed by atoms with Crippen LogP contribution in [0.1, 0.15) is 35.1 Å². The van der Waals surface area contributed by atoms with Crippen LogP contribution in [-0.2, 0) is 10.3 Å². The molecule has 0 amide bonds. The van der Waals surface area contributed by atoms with Crippen LogP contribution in [0.3, 0.4) is 0 Å². The van der Waals surface area contributed by atoms with Gasteiger partial charge in [-0.3, -0.25) is 0 Å². The second-order valence-electron chi connectivity index (χ2n) is 4.76. The lowest BCUT2D eigenvalue weighted by molar-refractivity contribution is 0.410. The standard InChI is InChI=1S/C14H17NO2/c1-9-7-12(17-4)10(2)11(3)13(9)14(5-6-14)15-8-16/h7H,5-6H2,1-4H3. The van der Waals surface area contributed by atoms with Crippen LogP contribution in [0.5, 0.6) is 5.75 Å². The van der Waals surface area contributed by atoms with Crippen LogP contribution in [0.15, 0.2) is 11.1 Å². The first-order valence-electron chi connectivity index (χ1n) is 5.80. The maximum absolute atomic E-state index is 10.5. The van der Waals surface area contributed by atoms with Gasteiger partial charge in [0.2, 0.25) is 6.08 Å². The first-order chi connectivity index (χ1) is 8.05. The lowest BCUT2D eigenvalue weighted by Crippen LogP contribution is -2.09. The van der Waals surface area contributed by atoms with Gasteiger partial charge in [-0.05, 0) is 61.9 Å². The highest BCUT2D eigenvalue weighted by molar-refractivity contribution is 5.54. The van der Waals surface area contributed by atoms with Crippen molar-refractivity contribution in [3.8, 4) is 5.75 Å². The van der Waals surface area contributed by atoms with E-state index in [1.54, 1.807) is 13.2 Å². The second-order valence-corrected chi connectivity index (χ2v) is 4.76. The molecule has 90 valence electrons. The van der Waals surface area contributed by atoms with Crippen LogP contribution in [0.2, 0.25) is 0 Å². The van der Waals surface area contributed by atoms with Crippen molar-refractivity contribution < 1.29 is 9.53 Å². The number of hydrogen-bond acceptors (Lipinski definition) is 3. The van der Waals surface area contributed by atoms with Crippen LogP contribution in [0.25, 0.3) is 0 Å². The Morgan fingerprint density at radius 1 is 1.29 bits per heavy atom. The molecule has 0 spiro atoms. The fourth-order valence-corrected chi connectivity index (χ4v) is 2.60. The van der Waals surface area contributed by atoms with E-state index in [1.165, 1.54) is 11.1 Å². The summed E-state index contributed by atoms with van der Waals surface area (Å²) in [6, 6.07) is 2.03. The fourth-order valence-electron chi connectivity index (χ4n) is 2.60. The smallest absolute Gasteiger partial charge is 0.235 e. The highest BCUT2D eigenvalue weighted by Gasteiger charge is 2.47. The van der Waals surface area contributed by atoms with Gasteiger partial charge < -0.3 is 4.74 Å². The molecule has 1 fully saturated rings. The van der Waals surface area contributed by atoms with Gasteiger partial charge in [0.05, 0.1) is 12.6 Å². The molecule has 3 nitrogen and oxygen atoms in total. The SMILES string of the molecule is COc1cc(C)c(C2(N=C=O)CC2)c(C)c1C. The highest BCUT2D eigenvalue weighted by atomic mass is 16.5. The lowest BCUT2D eigenvalue weighted by Gasteiger charge is -2.19. The number of isocyanates is 1. The van der Waals surface area contributed by atoms with Crippen molar-refractivity contribution in [3.63, 3.8) is 0 Å². The Kier molecular flexibility index (Phi) is 2.80. The molecule has 17 heavy (non-hydrogen) atoms. The van der Waals surface area contributed by atoms with Gasteiger partial charge in [0, 0.05) is 0 Å². The molecule has 0 atom stereocenters. The third-order valence-electron chi connectivity index (χ3n) is 3.72. The van der Waals surface area contributed by atoms with Gasteiger partial charge in [0.25, 0.3) is 0 Å². The molecule has 0 bridgehead atoms. The Bertz CT molecular complexity index is 509. The van der Waals surface area contributed by atoms with Gasteiger partial charge in [-0.25, -0.2) is 4.79 Å². The van der Waals surface area contributed by atoms with Gasteiger partial charge in [-0.1, -0.05) is 0 Å². The molecule has 0 N–H and O–H groups in total. The number of aryl methyl sites for hydroxylation is 1. The summed E-state index contributed by atoms with van der Waals surface area (Å²) in [5.74, 6) is 0.898. The minimum absolute atomic E-state index is 0.299.